The van der Waals surface area contributed by atoms with E-state index in [1.54, 1.807) is 13.1 Å². The van der Waals surface area contributed by atoms with Crippen molar-refractivity contribution >= 4 is 11.6 Å². The lowest BCUT2D eigenvalue weighted by molar-refractivity contribution is 0.167. The first-order valence-corrected chi connectivity index (χ1v) is 11.5. The van der Waals surface area contributed by atoms with Crippen LogP contribution in [0.2, 0.25) is 0 Å². The number of aliphatic imine (C=N–C) groups is 1. The van der Waals surface area contributed by atoms with Crippen molar-refractivity contribution in [1.29, 1.82) is 0 Å². The molecule has 2 heterocycles. The molecule has 2 aliphatic rings. The number of hydrogen-bond donors (Lipinski definition) is 2. The van der Waals surface area contributed by atoms with Gasteiger partial charge in [0.15, 0.2) is 5.96 Å². The molecule has 168 valence electrons. The first-order chi connectivity index (χ1) is 14.5. The Labute approximate surface area is 181 Å². The molecule has 2 fully saturated rings. The Hall–Kier alpha value is -1.86. The molecule has 0 bridgehead atoms. The zero-order chi connectivity index (χ0) is 21.5. The number of likely N-dealkylation sites (tertiary alicyclic amines) is 1. The molecule has 0 aromatic heterocycles. The molecule has 0 amide bonds. The van der Waals surface area contributed by atoms with Gasteiger partial charge in [-0.25, -0.2) is 4.39 Å². The Bertz CT molecular complexity index is 691. The SMILES string of the molecule is CCN1CCN(c2ccc(CNC(=NC)NC3CCN(C(C)C)CC3)cc2F)CC1. The molecule has 0 atom stereocenters. The van der Waals surface area contributed by atoms with Crippen LogP contribution in [0.1, 0.15) is 39.2 Å². The van der Waals surface area contributed by atoms with Crippen molar-refractivity contribution in [3.63, 3.8) is 0 Å². The second-order valence-corrected chi connectivity index (χ2v) is 8.68. The maximum atomic E-state index is 14.8. The maximum Gasteiger partial charge on any atom is 0.191 e. The topological polar surface area (TPSA) is 46.1 Å². The zero-order valence-corrected chi connectivity index (χ0v) is 19.1. The second-order valence-electron chi connectivity index (χ2n) is 8.68. The smallest absolute Gasteiger partial charge is 0.191 e. The molecular weight excluding hydrogens is 379 g/mol. The molecule has 2 N–H and O–H groups in total. The normalized spacial score (nSPS) is 20.1. The van der Waals surface area contributed by atoms with E-state index in [9.17, 15) is 4.39 Å². The number of piperazine rings is 1. The number of nitrogens with zero attached hydrogens (tertiary/aromatic N) is 4. The molecule has 0 aliphatic carbocycles. The summed E-state index contributed by atoms with van der Waals surface area (Å²) in [6.45, 7) is 14.3. The summed E-state index contributed by atoms with van der Waals surface area (Å²) in [5, 5.41) is 6.87. The first-order valence-electron chi connectivity index (χ1n) is 11.5. The molecule has 0 saturated carbocycles. The van der Waals surface area contributed by atoms with E-state index in [4.69, 9.17) is 0 Å². The van der Waals surface area contributed by atoms with Gasteiger partial charge in [0.2, 0.25) is 0 Å². The summed E-state index contributed by atoms with van der Waals surface area (Å²) in [5.41, 5.74) is 1.65. The Balaban J connectivity index is 1.48. The summed E-state index contributed by atoms with van der Waals surface area (Å²) in [4.78, 5) is 11.4. The fourth-order valence-corrected chi connectivity index (χ4v) is 4.36. The average Bonchev–Trinajstić information content (AvgIpc) is 2.77. The average molecular weight is 419 g/mol. The lowest BCUT2D eigenvalue weighted by Gasteiger charge is -2.35. The summed E-state index contributed by atoms with van der Waals surface area (Å²) in [7, 11) is 1.79. The van der Waals surface area contributed by atoms with Crippen LogP contribution in [0, 0.1) is 5.82 Å². The van der Waals surface area contributed by atoms with Gasteiger partial charge in [-0.05, 0) is 50.9 Å². The van der Waals surface area contributed by atoms with E-state index in [1.807, 2.05) is 12.1 Å². The zero-order valence-electron chi connectivity index (χ0n) is 19.1. The third-order valence-electron chi connectivity index (χ3n) is 6.46. The van der Waals surface area contributed by atoms with Crippen molar-refractivity contribution < 1.29 is 4.39 Å². The van der Waals surface area contributed by atoms with E-state index < -0.39 is 0 Å². The van der Waals surface area contributed by atoms with Crippen LogP contribution in [0.15, 0.2) is 23.2 Å². The lowest BCUT2D eigenvalue weighted by Crippen LogP contribution is -2.49. The largest absolute Gasteiger partial charge is 0.367 e. The number of likely N-dealkylation sites (N-methyl/N-ethyl adjacent to an activating group) is 1. The van der Waals surface area contributed by atoms with Crippen molar-refractivity contribution in [1.82, 2.24) is 20.4 Å². The molecule has 1 aromatic carbocycles. The van der Waals surface area contributed by atoms with Crippen LogP contribution in [0.4, 0.5) is 10.1 Å². The van der Waals surface area contributed by atoms with E-state index in [2.05, 4.69) is 51.1 Å². The molecule has 1 aromatic rings. The van der Waals surface area contributed by atoms with Gasteiger partial charge >= 0.3 is 0 Å². The minimum absolute atomic E-state index is 0.136. The predicted molar refractivity (Wildman–Crippen MR) is 124 cm³/mol. The van der Waals surface area contributed by atoms with Crippen LogP contribution >= 0.6 is 0 Å². The Morgan fingerprint density at radius 1 is 1.13 bits per heavy atom. The summed E-state index contributed by atoms with van der Waals surface area (Å²) in [5.74, 6) is 0.654. The van der Waals surface area contributed by atoms with Crippen LogP contribution in [0.5, 0.6) is 0 Å². The second kappa shape index (κ2) is 11.0. The van der Waals surface area contributed by atoms with E-state index in [0.29, 0.717) is 24.3 Å². The van der Waals surface area contributed by atoms with Crippen molar-refractivity contribution in [2.75, 3.05) is 57.8 Å². The Morgan fingerprint density at radius 2 is 1.83 bits per heavy atom. The van der Waals surface area contributed by atoms with Crippen LogP contribution in [0.25, 0.3) is 0 Å². The van der Waals surface area contributed by atoms with Crippen molar-refractivity contribution in [2.45, 2.75) is 52.2 Å². The Kier molecular flexibility index (Phi) is 8.33. The quantitative estimate of drug-likeness (QED) is 0.549. The summed E-state index contributed by atoms with van der Waals surface area (Å²) in [6.07, 6.45) is 2.24. The summed E-state index contributed by atoms with van der Waals surface area (Å²) in [6, 6.07) is 6.64. The number of guanidine groups is 1. The van der Waals surface area contributed by atoms with Gasteiger partial charge in [-0.3, -0.25) is 4.99 Å². The highest BCUT2D eigenvalue weighted by Crippen LogP contribution is 2.22. The van der Waals surface area contributed by atoms with Crippen molar-refractivity contribution in [2.24, 2.45) is 4.99 Å². The monoisotopic (exact) mass is 418 g/mol. The number of rotatable bonds is 6. The highest BCUT2D eigenvalue weighted by atomic mass is 19.1. The van der Waals surface area contributed by atoms with Gasteiger partial charge in [0, 0.05) is 64.9 Å². The predicted octanol–water partition coefficient (Wildman–Crippen LogP) is 2.51. The molecule has 3 rings (SSSR count). The molecule has 0 unspecified atom stereocenters. The molecule has 30 heavy (non-hydrogen) atoms. The highest BCUT2D eigenvalue weighted by Gasteiger charge is 2.22. The number of piperidine rings is 1. The van der Waals surface area contributed by atoms with Crippen LogP contribution < -0.4 is 15.5 Å². The van der Waals surface area contributed by atoms with Crippen molar-refractivity contribution in [3.8, 4) is 0 Å². The number of nitrogens with one attached hydrogen (secondary N) is 2. The third-order valence-corrected chi connectivity index (χ3v) is 6.46. The standard InChI is InChI=1S/C23H39FN6/c1-5-28-12-14-30(15-13-28)22-7-6-19(16-21(22)24)17-26-23(25-4)27-20-8-10-29(11-9-20)18(2)3/h6-7,16,18,20H,5,8-15,17H2,1-4H3,(H2,25,26,27). The molecule has 6 nitrogen and oxygen atoms in total. The maximum absolute atomic E-state index is 14.8. The molecule has 2 saturated heterocycles. The van der Waals surface area contributed by atoms with E-state index in [1.165, 1.54) is 0 Å². The molecule has 0 spiro atoms. The summed E-state index contributed by atoms with van der Waals surface area (Å²) < 4.78 is 14.8. The fourth-order valence-electron chi connectivity index (χ4n) is 4.36. The third kappa shape index (κ3) is 6.08. The number of anilines is 1. The van der Waals surface area contributed by atoms with Gasteiger partial charge in [0.1, 0.15) is 5.82 Å². The van der Waals surface area contributed by atoms with Gasteiger partial charge < -0.3 is 25.3 Å². The van der Waals surface area contributed by atoms with Gasteiger partial charge in [0.25, 0.3) is 0 Å². The minimum atomic E-state index is -0.136. The highest BCUT2D eigenvalue weighted by molar-refractivity contribution is 5.80. The van der Waals surface area contributed by atoms with Crippen LogP contribution in [-0.4, -0.2) is 80.7 Å². The molecule has 2 aliphatic heterocycles. The number of halogens is 1. The number of benzene rings is 1. The minimum Gasteiger partial charge on any atom is -0.367 e. The molecule has 7 heteroatoms. The van der Waals surface area contributed by atoms with E-state index in [0.717, 1.165) is 70.2 Å². The van der Waals surface area contributed by atoms with Gasteiger partial charge in [-0.15, -0.1) is 0 Å². The van der Waals surface area contributed by atoms with Gasteiger partial charge in [-0.1, -0.05) is 13.0 Å². The molecule has 0 radical (unpaired) electrons. The summed E-state index contributed by atoms with van der Waals surface area (Å²) >= 11 is 0. The van der Waals surface area contributed by atoms with E-state index >= 15 is 0 Å². The fraction of sp³-hybridized carbons (Fsp3) is 0.696. The van der Waals surface area contributed by atoms with Gasteiger partial charge in [-0.2, -0.15) is 0 Å². The van der Waals surface area contributed by atoms with Crippen LogP contribution in [-0.2, 0) is 6.54 Å². The Morgan fingerprint density at radius 3 is 2.40 bits per heavy atom. The van der Waals surface area contributed by atoms with Crippen LogP contribution in [0.3, 0.4) is 0 Å². The van der Waals surface area contributed by atoms with Gasteiger partial charge in [0.05, 0.1) is 5.69 Å². The van der Waals surface area contributed by atoms with Crippen molar-refractivity contribution in [3.05, 3.63) is 29.6 Å². The number of hydrogen-bond acceptors (Lipinski definition) is 4. The van der Waals surface area contributed by atoms with E-state index in [-0.39, 0.29) is 5.82 Å². The first kappa shape index (κ1) is 22.8. The molecular formula is C23H39FN6. The lowest BCUT2D eigenvalue weighted by atomic mass is 10.0.